The highest BCUT2D eigenvalue weighted by molar-refractivity contribution is 7.92. The van der Waals surface area contributed by atoms with E-state index in [1.54, 1.807) is 38.1 Å². The summed E-state index contributed by atoms with van der Waals surface area (Å²) in [6, 6.07) is 12.3. The number of sulfonamides is 1. The Bertz CT molecular complexity index is 1550. The first-order valence-corrected chi connectivity index (χ1v) is 15.8. The van der Waals surface area contributed by atoms with E-state index in [2.05, 4.69) is 31.1 Å². The Labute approximate surface area is 252 Å². The number of halogens is 1. The number of esters is 1. The Morgan fingerprint density at radius 2 is 1.81 bits per heavy atom. The summed E-state index contributed by atoms with van der Waals surface area (Å²) in [6.45, 7) is 9.06. The number of carbonyl (C=O) groups excluding carboxylic acids is 2. The van der Waals surface area contributed by atoms with Crippen LogP contribution in [0.25, 0.3) is 0 Å². The van der Waals surface area contributed by atoms with Gasteiger partial charge < -0.3 is 15.9 Å². The number of aromatic nitrogens is 2. The number of nitrogens with two attached hydrogens (primary N) is 1. The van der Waals surface area contributed by atoms with Gasteiger partial charge in [0.15, 0.2) is 5.82 Å². The molecule has 1 amide bonds. The molecule has 10 nitrogen and oxygen atoms in total. The van der Waals surface area contributed by atoms with E-state index < -0.39 is 28.4 Å². The number of nitrogen functional groups attached to an aromatic ring is 1. The number of aryl methyl sites for hydroxylation is 1. The van der Waals surface area contributed by atoms with Gasteiger partial charge in [0.1, 0.15) is 18.5 Å². The number of hydrogen-bond donors (Lipinski definition) is 2. The molecule has 3 aromatic rings. The van der Waals surface area contributed by atoms with Crippen molar-refractivity contribution in [2.24, 2.45) is 17.8 Å². The van der Waals surface area contributed by atoms with Gasteiger partial charge in [0, 0.05) is 5.69 Å². The third kappa shape index (κ3) is 6.73. The first kappa shape index (κ1) is 31.4. The van der Waals surface area contributed by atoms with Crippen LogP contribution in [0.1, 0.15) is 61.9 Å². The molecule has 3 atom stereocenters. The van der Waals surface area contributed by atoms with Crippen LogP contribution < -0.4 is 15.5 Å². The zero-order valence-electron chi connectivity index (χ0n) is 24.5. The summed E-state index contributed by atoms with van der Waals surface area (Å²) >= 11 is 6.12. The summed E-state index contributed by atoms with van der Waals surface area (Å²) < 4.78 is 36.1. The number of nitrogens with zero attached hydrogens (tertiary/aromatic N) is 3. The zero-order chi connectivity index (χ0) is 30.8. The average Bonchev–Trinajstić information content (AvgIpc) is 3.18. The number of amides is 1. The van der Waals surface area contributed by atoms with Crippen LogP contribution >= 0.6 is 11.6 Å². The van der Waals surface area contributed by atoms with Crippen LogP contribution in [-0.2, 0) is 19.6 Å². The zero-order valence-corrected chi connectivity index (χ0v) is 26.1. The van der Waals surface area contributed by atoms with E-state index in [4.69, 9.17) is 22.2 Å². The summed E-state index contributed by atoms with van der Waals surface area (Å²) in [4.78, 5) is 30.3. The molecular formula is C30H38ClN5O5S. The van der Waals surface area contributed by atoms with Crippen LogP contribution in [0.3, 0.4) is 0 Å². The van der Waals surface area contributed by atoms with E-state index in [0.29, 0.717) is 34.1 Å². The highest BCUT2D eigenvalue weighted by Gasteiger charge is 2.36. The van der Waals surface area contributed by atoms with Crippen LogP contribution in [0.15, 0.2) is 53.4 Å². The monoisotopic (exact) mass is 615 g/mol. The number of carbonyl (C=O) groups is 2. The highest BCUT2D eigenvalue weighted by Crippen LogP contribution is 2.36. The number of rotatable bonds is 9. The SMILES string of the molecule is Cc1nc(N(CC(=O)O[C@H]2C[C@H](C)CC[C@@H]2C(C)C)S(=O)(=O)c2ccc(NC(=O)c3ccccc3Cl)cc2)c(C)n1N. The van der Waals surface area contributed by atoms with Gasteiger partial charge in [-0.1, -0.05) is 50.9 Å². The van der Waals surface area contributed by atoms with E-state index in [1.807, 2.05) is 0 Å². The Balaban J connectivity index is 1.60. The number of benzene rings is 2. The van der Waals surface area contributed by atoms with Crippen molar-refractivity contribution in [2.45, 2.75) is 64.9 Å². The Morgan fingerprint density at radius 1 is 1.14 bits per heavy atom. The molecular weight excluding hydrogens is 578 g/mol. The molecule has 1 saturated carbocycles. The maximum atomic E-state index is 14.0. The van der Waals surface area contributed by atoms with Crippen LogP contribution in [0.2, 0.25) is 5.02 Å². The topological polar surface area (TPSA) is 137 Å². The van der Waals surface area contributed by atoms with Gasteiger partial charge in [-0.25, -0.2) is 22.4 Å². The van der Waals surface area contributed by atoms with E-state index in [1.165, 1.54) is 28.9 Å². The maximum absolute atomic E-state index is 14.0. The number of nitrogens with one attached hydrogen (secondary N) is 1. The first-order chi connectivity index (χ1) is 19.8. The third-order valence-corrected chi connectivity index (χ3v) is 9.95. The second-order valence-corrected chi connectivity index (χ2v) is 13.5. The first-order valence-electron chi connectivity index (χ1n) is 14.0. The van der Waals surface area contributed by atoms with Crippen LogP contribution in [0, 0.1) is 31.6 Å². The lowest BCUT2D eigenvalue weighted by Crippen LogP contribution is -2.41. The van der Waals surface area contributed by atoms with Gasteiger partial charge in [-0.05, 0) is 80.8 Å². The summed E-state index contributed by atoms with van der Waals surface area (Å²) in [7, 11) is -4.29. The number of imidazole rings is 1. The molecule has 0 aliphatic heterocycles. The van der Waals surface area contributed by atoms with Crippen LogP contribution in [0.4, 0.5) is 11.5 Å². The molecule has 4 rings (SSSR count). The molecule has 1 fully saturated rings. The average molecular weight is 616 g/mol. The Morgan fingerprint density at radius 3 is 2.40 bits per heavy atom. The molecule has 1 aliphatic rings. The quantitative estimate of drug-likeness (QED) is 0.246. The van der Waals surface area contributed by atoms with Crippen LogP contribution in [0.5, 0.6) is 0 Å². The summed E-state index contributed by atoms with van der Waals surface area (Å²) in [5.74, 6) is 6.34. The molecule has 12 heteroatoms. The Hall–Kier alpha value is -3.57. The van der Waals surface area contributed by atoms with Crippen molar-refractivity contribution in [3.63, 3.8) is 0 Å². The van der Waals surface area contributed by atoms with Gasteiger partial charge in [0.25, 0.3) is 15.9 Å². The van der Waals surface area contributed by atoms with Crippen molar-refractivity contribution >= 4 is 45.0 Å². The van der Waals surface area contributed by atoms with Gasteiger partial charge in [0.05, 0.1) is 21.2 Å². The molecule has 1 aromatic heterocycles. The lowest BCUT2D eigenvalue weighted by Gasteiger charge is -2.37. The molecule has 1 aliphatic carbocycles. The lowest BCUT2D eigenvalue weighted by atomic mass is 9.75. The van der Waals surface area contributed by atoms with E-state index in [9.17, 15) is 18.0 Å². The van der Waals surface area contributed by atoms with Crippen molar-refractivity contribution in [2.75, 3.05) is 22.0 Å². The van der Waals surface area contributed by atoms with E-state index >= 15 is 0 Å². The molecule has 226 valence electrons. The largest absolute Gasteiger partial charge is 0.461 e. The minimum absolute atomic E-state index is 0.0421. The van der Waals surface area contributed by atoms with Gasteiger partial charge in [-0.3, -0.25) is 9.59 Å². The van der Waals surface area contributed by atoms with Crippen molar-refractivity contribution in [1.29, 1.82) is 0 Å². The fraction of sp³-hybridized carbons (Fsp3) is 0.433. The summed E-state index contributed by atoms with van der Waals surface area (Å²) in [5, 5.41) is 3.01. The van der Waals surface area contributed by atoms with Crippen molar-refractivity contribution in [3.8, 4) is 0 Å². The normalized spacial score (nSPS) is 19.0. The third-order valence-electron chi connectivity index (χ3n) is 7.87. The lowest BCUT2D eigenvalue weighted by molar-refractivity contribution is -0.153. The fourth-order valence-electron chi connectivity index (χ4n) is 5.40. The van der Waals surface area contributed by atoms with Crippen molar-refractivity contribution in [3.05, 3.63) is 70.6 Å². The summed E-state index contributed by atoms with van der Waals surface area (Å²) in [6.07, 6.45) is 2.46. The Kier molecular flexibility index (Phi) is 9.52. The maximum Gasteiger partial charge on any atom is 0.327 e. The molecule has 42 heavy (non-hydrogen) atoms. The van der Waals surface area contributed by atoms with Crippen LogP contribution in [-0.4, -0.2) is 42.6 Å². The second kappa shape index (κ2) is 12.7. The predicted molar refractivity (Wildman–Crippen MR) is 163 cm³/mol. The predicted octanol–water partition coefficient (Wildman–Crippen LogP) is 5.32. The fourth-order valence-corrected chi connectivity index (χ4v) is 7.04. The number of ether oxygens (including phenoxy) is 1. The number of hydrogen-bond acceptors (Lipinski definition) is 7. The van der Waals surface area contributed by atoms with Crippen molar-refractivity contribution < 1.29 is 22.7 Å². The second-order valence-electron chi connectivity index (χ2n) is 11.3. The molecule has 1 heterocycles. The standard InChI is InChI=1S/C30H38ClN5O5S/c1-18(2)24-15-10-19(3)16-27(24)41-28(37)17-35(29-20(4)36(32)21(5)33-29)42(39,40)23-13-11-22(12-14-23)34-30(38)25-8-6-7-9-26(25)31/h6-9,11-14,18-19,24,27H,10,15-17,32H2,1-5H3,(H,34,38)/t19-,24-,27+/m1/s1. The molecule has 0 spiro atoms. The summed E-state index contributed by atoms with van der Waals surface area (Å²) in [5.41, 5.74) is 1.03. The van der Waals surface area contributed by atoms with Crippen molar-refractivity contribution in [1.82, 2.24) is 9.66 Å². The van der Waals surface area contributed by atoms with Gasteiger partial charge in [-0.15, -0.1) is 0 Å². The molecule has 0 radical (unpaired) electrons. The molecule has 3 N–H and O–H groups in total. The highest BCUT2D eigenvalue weighted by atomic mass is 35.5. The number of anilines is 2. The molecule has 0 saturated heterocycles. The molecule has 2 aromatic carbocycles. The smallest absolute Gasteiger partial charge is 0.327 e. The van der Waals surface area contributed by atoms with Gasteiger partial charge in [0.2, 0.25) is 0 Å². The molecule has 0 unspecified atom stereocenters. The van der Waals surface area contributed by atoms with E-state index in [-0.39, 0.29) is 28.3 Å². The molecule has 0 bridgehead atoms. The van der Waals surface area contributed by atoms with Gasteiger partial charge >= 0.3 is 5.97 Å². The minimum atomic E-state index is -4.29. The van der Waals surface area contributed by atoms with Gasteiger partial charge in [-0.2, -0.15) is 0 Å². The van der Waals surface area contributed by atoms with E-state index in [0.717, 1.165) is 23.6 Å². The minimum Gasteiger partial charge on any atom is -0.461 e.